The molecule has 0 fully saturated rings. The van der Waals surface area contributed by atoms with Crippen molar-refractivity contribution in [2.75, 3.05) is 0 Å². The van der Waals surface area contributed by atoms with Gasteiger partial charge in [-0.15, -0.1) is 0 Å². The van der Waals surface area contributed by atoms with E-state index in [1.165, 1.54) is 23.1 Å². The van der Waals surface area contributed by atoms with E-state index in [0.717, 1.165) is 6.42 Å². The molecule has 2 aliphatic rings. The number of hydrogen-bond acceptors (Lipinski definition) is 0. The Labute approximate surface area is 195 Å². The fourth-order valence-corrected chi connectivity index (χ4v) is 12.8. The van der Waals surface area contributed by atoms with Crippen molar-refractivity contribution in [3.8, 4) is 0 Å². The fourth-order valence-electron chi connectivity index (χ4n) is 4.16. The molecule has 0 aliphatic heterocycles. The first kappa shape index (κ1) is 24.0. The molecule has 0 unspecified atom stereocenters. The molecule has 0 atom stereocenters. The summed E-state index contributed by atoms with van der Waals surface area (Å²) in [6.07, 6.45) is 9.33. The van der Waals surface area contributed by atoms with Gasteiger partial charge in [0.05, 0.1) is 0 Å². The molecular formula is C26H26Cl2Zr. The van der Waals surface area contributed by atoms with Crippen LogP contribution in [0.25, 0.3) is 0 Å². The van der Waals surface area contributed by atoms with Gasteiger partial charge >= 0.3 is 171 Å². The van der Waals surface area contributed by atoms with Crippen LogP contribution in [-0.2, 0) is 21.3 Å². The van der Waals surface area contributed by atoms with Crippen LogP contribution < -0.4 is 24.8 Å². The molecule has 0 saturated heterocycles. The molecule has 0 heterocycles. The van der Waals surface area contributed by atoms with E-state index < -0.39 is 21.3 Å². The van der Waals surface area contributed by atoms with Gasteiger partial charge in [0.1, 0.15) is 0 Å². The van der Waals surface area contributed by atoms with Crippen molar-refractivity contribution in [2.45, 2.75) is 33.6 Å². The molecule has 0 radical (unpaired) electrons. The van der Waals surface area contributed by atoms with Crippen molar-refractivity contribution in [3.05, 3.63) is 113 Å². The van der Waals surface area contributed by atoms with Crippen LogP contribution in [0.5, 0.6) is 0 Å². The van der Waals surface area contributed by atoms with Crippen molar-refractivity contribution >= 4 is 3.21 Å². The van der Waals surface area contributed by atoms with Gasteiger partial charge in [-0.2, -0.15) is 0 Å². The van der Waals surface area contributed by atoms with E-state index in [2.05, 4.69) is 99.7 Å². The monoisotopic (exact) mass is 498 g/mol. The molecule has 0 saturated carbocycles. The van der Waals surface area contributed by atoms with Crippen LogP contribution >= 0.6 is 0 Å². The van der Waals surface area contributed by atoms with Gasteiger partial charge in [0, 0.05) is 0 Å². The van der Waals surface area contributed by atoms with E-state index in [1.54, 1.807) is 20.9 Å². The first-order valence-corrected chi connectivity index (χ1v) is 13.4. The molecule has 0 spiro atoms. The minimum Gasteiger partial charge on any atom is -1.00 e. The predicted molar refractivity (Wildman–Crippen MR) is 114 cm³/mol. The second-order valence-electron chi connectivity index (χ2n) is 7.49. The Bertz CT molecular complexity index is 981. The van der Waals surface area contributed by atoms with Crippen molar-refractivity contribution in [1.29, 1.82) is 0 Å². The van der Waals surface area contributed by atoms with Crippen LogP contribution in [0.3, 0.4) is 0 Å². The maximum atomic E-state index is 2.42. The zero-order valence-corrected chi connectivity index (χ0v) is 21.1. The van der Waals surface area contributed by atoms with Gasteiger partial charge in [-0.3, -0.25) is 0 Å². The SMILES string of the molecule is CC1=C(C)C(C)=[C]([Zr+2]([C]2=CC=CC2)=[C](c2ccccc2)c2ccccc2)C1.[Cl-].[Cl-]. The quantitative estimate of drug-likeness (QED) is 0.581. The summed E-state index contributed by atoms with van der Waals surface area (Å²) < 4.78 is 5.10. The Morgan fingerprint density at radius 2 is 1.31 bits per heavy atom. The fraction of sp³-hybridized carbons (Fsp3) is 0.192. The van der Waals surface area contributed by atoms with E-state index in [9.17, 15) is 0 Å². The van der Waals surface area contributed by atoms with E-state index in [4.69, 9.17) is 0 Å². The van der Waals surface area contributed by atoms with Gasteiger partial charge in [-0.1, -0.05) is 0 Å². The van der Waals surface area contributed by atoms with Crippen LogP contribution in [0.15, 0.2) is 102 Å². The van der Waals surface area contributed by atoms with E-state index >= 15 is 0 Å². The standard InChI is InChI=1S/C13H10.C8H11.C5H5.2ClH.Zr/c1-3-7-12(8-4-1)11-13-9-5-2-6-10-13;1-6-4-5-7(2)8(6)3;1-2-4-5-3-1;;;/h1-10H;4H2,1-3H3;1-3H,4H2;2*1H;/q;;;;;+2/p-2. The van der Waals surface area contributed by atoms with Gasteiger partial charge in [0.2, 0.25) is 0 Å². The van der Waals surface area contributed by atoms with Crippen LogP contribution in [0, 0.1) is 0 Å². The first-order chi connectivity index (χ1) is 13.2. The minimum absolute atomic E-state index is 0. The van der Waals surface area contributed by atoms with Crippen LogP contribution in [0.1, 0.15) is 44.7 Å². The predicted octanol–water partition coefficient (Wildman–Crippen LogP) is 0.740. The Kier molecular flexibility index (Phi) is 8.83. The molecule has 2 aromatic carbocycles. The Morgan fingerprint density at radius 3 is 1.72 bits per heavy atom. The molecule has 2 aromatic rings. The normalized spacial score (nSPS) is 14.8. The van der Waals surface area contributed by atoms with E-state index in [-0.39, 0.29) is 24.8 Å². The number of halogens is 2. The molecule has 0 amide bonds. The third kappa shape index (κ3) is 4.91. The maximum Gasteiger partial charge on any atom is -1.00 e. The Hall–Kier alpha value is -1.27. The molecule has 0 N–H and O–H groups in total. The molecule has 148 valence electrons. The maximum absolute atomic E-state index is 2.42. The Balaban J connectivity index is 0.00000150. The van der Waals surface area contributed by atoms with Crippen LogP contribution in [0.2, 0.25) is 0 Å². The second kappa shape index (κ2) is 10.7. The number of hydrogen-bond donors (Lipinski definition) is 0. The summed E-state index contributed by atoms with van der Waals surface area (Å²) in [5.41, 5.74) is 7.48. The van der Waals surface area contributed by atoms with E-state index in [0.29, 0.717) is 0 Å². The zero-order chi connectivity index (χ0) is 18.8. The third-order valence-corrected chi connectivity index (χ3v) is 13.8. The van der Waals surface area contributed by atoms with Crippen LogP contribution in [0.4, 0.5) is 0 Å². The number of rotatable bonds is 4. The third-order valence-electron chi connectivity index (χ3n) is 5.87. The van der Waals surface area contributed by atoms with Crippen LogP contribution in [-0.4, -0.2) is 3.21 Å². The summed E-state index contributed by atoms with van der Waals surface area (Å²) in [6.45, 7) is 6.99. The molecular weight excluding hydrogens is 474 g/mol. The van der Waals surface area contributed by atoms with Crippen molar-refractivity contribution in [3.63, 3.8) is 0 Å². The summed E-state index contributed by atoms with van der Waals surface area (Å²) in [5.74, 6) is 0. The van der Waals surface area contributed by atoms with Crippen molar-refractivity contribution in [2.24, 2.45) is 0 Å². The van der Waals surface area contributed by atoms with Gasteiger partial charge in [0.25, 0.3) is 0 Å². The van der Waals surface area contributed by atoms with Crippen molar-refractivity contribution in [1.82, 2.24) is 0 Å². The molecule has 0 aromatic heterocycles. The summed E-state index contributed by atoms with van der Waals surface area (Å²) in [4.78, 5) is 0. The number of benzene rings is 2. The van der Waals surface area contributed by atoms with Gasteiger partial charge < -0.3 is 24.8 Å². The average molecular weight is 501 g/mol. The molecule has 0 nitrogen and oxygen atoms in total. The smallest absolute Gasteiger partial charge is 1.00 e. The van der Waals surface area contributed by atoms with Gasteiger partial charge in [-0.25, -0.2) is 0 Å². The Morgan fingerprint density at radius 1 is 0.759 bits per heavy atom. The molecule has 2 aliphatic carbocycles. The van der Waals surface area contributed by atoms with Crippen molar-refractivity contribution < 1.29 is 46.1 Å². The zero-order valence-electron chi connectivity index (χ0n) is 17.2. The summed E-state index contributed by atoms with van der Waals surface area (Å²) >= 11 is -2.25. The largest absolute Gasteiger partial charge is 1.00 e. The first-order valence-electron chi connectivity index (χ1n) is 9.75. The average Bonchev–Trinajstić information content (AvgIpc) is 3.32. The summed E-state index contributed by atoms with van der Waals surface area (Å²) in [5, 5.41) is 0. The second-order valence-corrected chi connectivity index (χ2v) is 13.6. The molecule has 3 heteroatoms. The molecule has 0 bridgehead atoms. The van der Waals surface area contributed by atoms with E-state index in [1.807, 2.05) is 0 Å². The summed E-state index contributed by atoms with van der Waals surface area (Å²) in [6, 6.07) is 22.2. The minimum atomic E-state index is -2.25. The molecule has 29 heavy (non-hydrogen) atoms. The topological polar surface area (TPSA) is 0 Å². The summed E-state index contributed by atoms with van der Waals surface area (Å²) in [7, 11) is 0. The molecule has 4 rings (SSSR count). The van der Waals surface area contributed by atoms with Gasteiger partial charge in [-0.05, 0) is 0 Å². The van der Waals surface area contributed by atoms with Gasteiger partial charge in [0.15, 0.2) is 0 Å². The number of allylic oxidation sites excluding steroid dienone is 8.